The van der Waals surface area contributed by atoms with Crippen molar-refractivity contribution in [1.29, 1.82) is 0 Å². The third-order valence-electron chi connectivity index (χ3n) is 3.46. The Kier molecular flexibility index (Phi) is 10.9. The number of rotatable bonds is 11. The van der Waals surface area contributed by atoms with Gasteiger partial charge in [0.05, 0.1) is 20.9 Å². The lowest BCUT2D eigenvalue weighted by molar-refractivity contribution is 0.301. The fraction of sp³-hybridized carbons (Fsp3) is 0.647. The van der Waals surface area contributed by atoms with Crippen molar-refractivity contribution in [3.8, 4) is 11.5 Å². The molecule has 1 aromatic carbocycles. The van der Waals surface area contributed by atoms with E-state index in [1.807, 2.05) is 6.07 Å². The molecule has 21 heavy (non-hydrogen) atoms. The van der Waals surface area contributed by atoms with E-state index in [0.717, 1.165) is 31.7 Å². The molecule has 0 heterocycles. The molecule has 0 aliphatic heterocycles. The van der Waals surface area contributed by atoms with Gasteiger partial charge >= 0.3 is 0 Å². The minimum Gasteiger partial charge on any atom is -0.496 e. The van der Waals surface area contributed by atoms with Crippen molar-refractivity contribution in [2.75, 3.05) is 13.7 Å². The maximum atomic E-state index is 5.89. The molecule has 0 saturated carbocycles. The highest BCUT2D eigenvalue weighted by Gasteiger charge is 2.07. The Bertz CT molecular complexity index is 408. The lowest BCUT2D eigenvalue weighted by Gasteiger charge is -2.11. The fourth-order valence-corrected chi connectivity index (χ4v) is 3.45. The Balaban J connectivity index is 2.17. The lowest BCUT2D eigenvalue weighted by Crippen LogP contribution is -2.00. The van der Waals surface area contributed by atoms with Crippen molar-refractivity contribution in [3.05, 3.63) is 19.3 Å². The molecule has 2 nitrogen and oxygen atoms in total. The largest absolute Gasteiger partial charge is 0.496 e. The Labute approximate surface area is 156 Å². The van der Waals surface area contributed by atoms with Crippen LogP contribution in [0.3, 0.4) is 0 Å². The highest BCUT2D eigenvalue weighted by molar-refractivity contribution is 14.1. The van der Waals surface area contributed by atoms with Gasteiger partial charge in [-0.1, -0.05) is 51.9 Å². The summed E-state index contributed by atoms with van der Waals surface area (Å²) < 4.78 is 13.4. The van der Waals surface area contributed by atoms with Crippen molar-refractivity contribution < 1.29 is 9.47 Å². The van der Waals surface area contributed by atoms with Gasteiger partial charge in [-0.05, 0) is 63.7 Å². The van der Waals surface area contributed by atoms with Gasteiger partial charge in [-0.15, -0.1) is 0 Å². The standard InChI is InChI=1S/C17H26I2O2/c1-3-4-5-6-7-8-9-10-11-21-17-13-14(18)16(20-2)12-15(17)19/h12-13H,3-11H2,1-2H3. The number of ether oxygens (including phenoxy) is 2. The van der Waals surface area contributed by atoms with Gasteiger partial charge in [0, 0.05) is 0 Å². The summed E-state index contributed by atoms with van der Waals surface area (Å²) >= 11 is 4.59. The van der Waals surface area contributed by atoms with E-state index in [1.54, 1.807) is 7.11 Å². The molecule has 0 bridgehead atoms. The van der Waals surface area contributed by atoms with E-state index < -0.39 is 0 Å². The number of halogens is 2. The maximum Gasteiger partial charge on any atom is 0.133 e. The lowest BCUT2D eigenvalue weighted by atomic mass is 10.1. The molecule has 0 aliphatic rings. The quantitative estimate of drug-likeness (QED) is 0.250. The summed E-state index contributed by atoms with van der Waals surface area (Å²) in [6.07, 6.45) is 10.6. The second-order valence-corrected chi connectivity index (χ2v) is 7.56. The third-order valence-corrected chi connectivity index (χ3v) is 5.15. The van der Waals surface area contributed by atoms with E-state index in [0.29, 0.717) is 0 Å². The average Bonchev–Trinajstić information content (AvgIpc) is 2.48. The normalized spacial score (nSPS) is 10.7. The van der Waals surface area contributed by atoms with Gasteiger partial charge < -0.3 is 9.47 Å². The molecule has 0 fully saturated rings. The molecule has 0 aromatic heterocycles. The van der Waals surface area contributed by atoms with Crippen LogP contribution < -0.4 is 9.47 Å². The van der Waals surface area contributed by atoms with Crippen LogP contribution in [0, 0.1) is 7.14 Å². The van der Waals surface area contributed by atoms with Crippen LogP contribution in [0.2, 0.25) is 0 Å². The Morgan fingerprint density at radius 1 is 0.810 bits per heavy atom. The molecule has 1 aromatic rings. The van der Waals surface area contributed by atoms with Crippen LogP contribution in [0.15, 0.2) is 12.1 Å². The van der Waals surface area contributed by atoms with Crippen LogP contribution in [-0.4, -0.2) is 13.7 Å². The first-order chi connectivity index (χ1) is 10.2. The number of hydrogen-bond donors (Lipinski definition) is 0. The summed E-state index contributed by atoms with van der Waals surface area (Å²) in [5, 5.41) is 0. The van der Waals surface area contributed by atoms with Gasteiger partial charge in [0.1, 0.15) is 11.5 Å². The van der Waals surface area contributed by atoms with Crippen molar-refractivity contribution >= 4 is 45.2 Å². The van der Waals surface area contributed by atoms with Crippen LogP contribution in [0.5, 0.6) is 11.5 Å². The molecule has 0 unspecified atom stereocenters. The predicted molar refractivity (Wildman–Crippen MR) is 107 cm³/mol. The molecule has 0 N–H and O–H groups in total. The molecular weight excluding hydrogens is 490 g/mol. The van der Waals surface area contributed by atoms with E-state index in [9.17, 15) is 0 Å². The number of hydrogen-bond acceptors (Lipinski definition) is 2. The second-order valence-electron chi connectivity index (χ2n) is 5.24. The molecule has 0 spiro atoms. The van der Waals surface area contributed by atoms with Crippen LogP contribution in [0.1, 0.15) is 58.3 Å². The van der Waals surface area contributed by atoms with Crippen LogP contribution in [0.25, 0.3) is 0 Å². The summed E-state index contributed by atoms with van der Waals surface area (Å²) in [4.78, 5) is 0. The van der Waals surface area contributed by atoms with Gasteiger partial charge in [0.15, 0.2) is 0 Å². The van der Waals surface area contributed by atoms with Crippen LogP contribution >= 0.6 is 45.2 Å². The van der Waals surface area contributed by atoms with Crippen molar-refractivity contribution in [3.63, 3.8) is 0 Å². The zero-order valence-electron chi connectivity index (χ0n) is 13.1. The van der Waals surface area contributed by atoms with Gasteiger partial charge in [-0.3, -0.25) is 0 Å². The minimum absolute atomic E-state index is 0.813. The van der Waals surface area contributed by atoms with Gasteiger partial charge in [-0.25, -0.2) is 0 Å². The summed E-state index contributed by atoms with van der Waals surface area (Å²) in [6.45, 7) is 3.08. The summed E-state index contributed by atoms with van der Waals surface area (Å²) in [5.74, 6) is 1.89. The molecular formula is C17H26I2O2. The molecule has 0 amide bonds. The van der Waals surface area contributed by atoms with Crippen molar-refractivity contribution in [2.45, 2.75) is 58.3 Å². The third kappa shape index (κ3) is 7.90. The highest BCUT2D eigenvalue weighted by Crippen LogP contribution is 2.31. The van der Waals surface area contributed by atoms with E-state index in [4.69, 9.17) is 9.47 Å². The molecule has 0 aliphatic carbocycles. The van der Waals surface area contributed by atoms with E-state index in [-0.39, 0.29) is 0 Å². The predicted octanol–water partition coefficient (Wildman–Crippen LogP) is 6.42. The van der Waals surface area contributed by atoms with Crippen molar-refractivity contribution in [2.24, 2.45) is 0 Å². The number of unbranched alkanes of at least 4 members (excludes halogenated alkanes) is 7. The van der Waals surface area contributed by atoms with E-state index >= 15 is 0 Å². The SMILES string of the molecule is CCCCCCCCCCOc1cc(I)c(OC)cc1I. The summed E-state index contributed by atoms with van der Waals surface area (Å²) in [7, 11) is 1.70. The summed E-state index contributed by atoms with van der Waals surface area (Å²) in [5.41, 5.74) is 0. The molecule has 0 atom stereocenters. The van der Waals surface area contributed by atoms with Crippen LogP contribution in [0.4, 0.5) is 0 Å². The van der Waals surface area contributed by atoms with Gasteiger partial charge in [-0.2, -0.15) is 0 Å². The number of methoxy groups -OCH3 is 1. The van der Waals surface area contributed by atoms with E-state index in [1.165, 1.54) is 44.9 Å². The second kappa shape index (κ2) is 11.8. The Morgan fingerprint density at radius 3 is 1.95 bits per heavy atom. The molecule has 120 valence electrons. The number of benzene rings is 1. The fourth-order valence-electron chi connectivity index (χ4n) is 2.20. The minimum atomic E-state index is 0.813. The summed E-state index contributed by atoms with van der Waals surface area (Å²) in [6, 6.07) is 4.09. The first-order valence-electron chi connectivity index (χ1n) is 7.84. The first kappa shape index (κ1) is 19.3. The Morgan fingerprint density at radius 2 is 1.33 bits per heavy atom. The smallest absolute Gasteiger partial charge is 0.133 e. The topological polar surface area (TPSA) is 18.5 Å². The van der Waals surface area contributed by atoms with Crippen LogP contribution in [-0.2, 0) is 0 Å². The zero-order valence-corrected chi connectivity index (χ0v) is 17.4. The Hall–Kier alpha value is 0.280. The van der Waals surface area contributed by atoms with E-state index in [2.05, 4.69) is 58.2 Å². The molecule has 0 radical (unpaired) electrons. The highest BCUT2D eigenvalue weighted by atomic mass is 127. The molecule has 4 heteroatoms. The maximum absolute atomic E-state index is 5.89. The first-order valence-corrected chi connectivity index (χ1v) is 10.0. The average molecular weight is 516 g/mol. The van der Waals surface area contributed by atoms with Gasteiger partial charge in [0.25, 0.3) is 0 Å². The van der Waals surface area contributed by atoms with Crippen molar-refractivity contribution in [1.82, 2.24) is 0 Å². The molecule has 1 rings (SSSR count). The zero-order chi connectivity index (χ0) is 15.5. The molecule has 0 saturated heterocycles. The monoisotopic (exact) mass is 516 g/mol. The van der Waals surface area contributed by atoms with Gasteiger partial charge in [0.2, 0.25) is 0 Å².